The molecule has 0 spiro atoms. The van der Waals surface area contributed by atoms with E-state index in [1.165, 1.54) is 0 Å². The molecule has 0 saturated carbocycles. The number of carbonyl (C=O) groups is 1. The van der Waals surface area contributed by atoms with Crippen LogP contribution in [0.3, 0.4) is 0 Å². The van der Waals surface area contributed by atoms with E-state index in [4.69, 9.17) is 5.11 Å². The SMILES string of the molecule is CCOC(=O)/C(=C(\O)C(F)(F)F)C(F)(F)F.[Cu]. The van der Waals surface area contributed by atoms with Crippen molar-refractivity contribution in [2.75, 3.05) is 6.61 Å². The van der Waals surface area contributed by atoms with Crippen molar-refractivity contribution >= 4 is 5.97 Å². The van der Waals surface area contributed by atoms with Gasteiger partial charge in [0.05, 0.1) is 6.61 Å². The monoisotopic (exact) mass is 315 g/mol. The maximum absolute atomic E-state index is 12.1. The Morgan fingerprint density at radius 1 is 1.12 bits per heavy atom. The quantitative estimate of drug-likeness (QED) is 0.280. The summed E-state index contributed by atoms with van der Waals surface area (Å²) >= 11 is 0. The van der Waals surface area contributed by atoms with Crippen LogP contribution in [-0.2, 0) is 26.6 Å². The first kappa shape index (κ1) is 18.5. The van der Waals surface area contributed by atoms with Gasteiger partial charge in [-0.25, -0.2) is 4.79 Å². The van der Waals surface area contributed by atoms with Gasteiger partial charge in [-0.05, 0) is 6.92 Å². The summed E-state index contributed by atoms with van der Waals surface area (Å²) in [5.74, 6) is -5.29. The molecule has 1 radical (unpaired) electrons. The third-order valence-corrected chi connectivity index (χ3v) is 1.27. The second-order valence-corrected chi connectivity index (χ2v) is 2.44. The van der Waals surface area contributed by atoms with Crippen LogP contribution in [0.2, 0.25) is 0 Å². The Morgan fingerprint density at radius 3 is 1.76 bits per heavy atom. The number of alkyl halides is 6. The van der Waals surface area contributed by atoms with E-state index in [9.17, 15) is 31.1 Å². The van der Waals surface area contributed by atoms with Crippen molar-refractivity contribution in [3.63, 3.8) is 0 Å². The summed E-state index contributed by atoms with van der Waals surface area (Å²) in [6.45, 7) is 0.556. The van der Waals surface area contributed by atoms with Gasteiger partial charge in [0.1, 0.15) is 0 Å². The second kappa shape index (κ2) is 6.15. The smallest absolute Gasteiger partial charge is 0.449 e. The summed E-state index contributed by atoms with van der Waals surface area (Å²) in [5, 5.41) is 8.31. The van der Waals surface area contributed by atoms with Crippen LogP contribution < -0.4 is 0 Å². The van der Waals surface area contributed by atoms with Gasteiger partial charge in [0.2, 0.25) is 5.76 Å². The number of hydrogen-bond acceptors (Lipinski definition) is 3. The van der Waals surface area contributed by atoms with Crippen LogP contribution in [0.25, 0.3) is 0 Å². The Kier molecular flexibility index (Phi) is 6.69. The Hall–Kier alpha value is -0.891. The number of carbonyl (C=O) groups excluding carboxylic acids is 1. The van der Waals surface area contributed by atoms with E-state index in [1.807, 2.05) is 0 Å². The fraction of sp³-hybridized carbons (Fsp3) is 0.571. The minimum atomic E-state index is -5.67. The molecular weight excluding hydrogens is 310 g/mol. The Labute approximate surface area is 102 Å². The molecule has 0 bridgehead atoms. The first-order valence-electron chi connectivity index (χ1n) is 3.76. The molecule has 0 fully saturated rings. The third kappa shape index (κ3) is 5.31. The summed E-state index contributed by atoms with van der Waals surface area (Å²) in [7, 11) is 0. The molecule has 3 nitrogen and oxygen atoms in total. The normalized spacial score (nSPS) is 13.6. The summed E-state index contributed by atoms with van der Waals surface area (Å²) in [6.07, 6.45) is -11.3. The molecule has 0 aliphatic heterocycles. The number of aliphatic hydroxyl groups is 1. The van der Waals surface area contributed by atoms with E-state index >= 15 is 0 Å². The van der Waals surface area contributed by atoms with Gasteiger partial charge in [0.25, 0.3) is 0 Å². The van der Waals surface area contributed by atoms with E-state index in [0.29, 0.717) is 0 Å². The molecule has 1 N–H and O–H groups in total. The molecule has 0 aromatic rings. The molecule has 105 valence electrons. The van der Waals surface area contributed by atoms with E-state index in [2.05, 4.69) is 4.74 Å². The molecule has 0 amide bonds. The zero-order chi connectivity index (χ0) is 13.1. The fourth-order valence-electron chi connectivity index (χ4n) is 0.692. The topological polar surface area (TPSA) is 46.5 Å². The number of allylic oxidation sites excluding steroid dienone is 1. The molecule has 0 aromatic heterocycles. The molecule has 17 heavy (non-hydrogen) atoms. The minimum absolute atomic E-state index is 0. The van der Waals surface area contributed by atoms with Gasteiger partial charge >= 0.3 is 18.3 Å². The molecule has 0 atom stereocenters. The van der Waals surface area contributed by atoms with Crippen molar-refractivity contribution in [2.24, 2.45) is 0 Å². The molecule has 0 heterocycles. The predicted octanol–water partition coefficient (Wildman–Crippen LogP) is 2.48. The van der Waals surface area contributed by atoms with Crippen molar-refractivity contribution in [1.29, 1.82) is 0 Å². The summed E-state index contributed by atoms with van der Waals surface area (Å²) in [5.41, 5.74) is -2.76. The Morgan fingerprint density at radius 2 is 1.53 bits per heavy atom. The number of esters is 1. The minimum Gasteiger partial charge on any atom is -0.504 e. The standard InChI is InChI=1S/C7H6F6O3.Cu/c1-2-16-5(15)3(6(8,9)10)4(14)7(11,12)13;/h14H,2H2,1H3;/b4-3+;. The molecule has 0 unspecified atom stereocenters. The van der Waals surface area contributed by atoms with Crippen LogP contribution in [0.4, 0.5) is 26.3 Å². The summed E-state index contributed by atoms with van der Waals surface area (Å²) < 4.78 is 75.4. The van der Waals surface area contributed by atoms with Crippen molar-refractivity contribution in [3.05, 3.63) is 11.3 Å². The van der Waals surface area contributed by atoms with Gasteiger partial charge in [-0.3, -0.25) is 0 Å². The average Bonchev–Trinajstić information content (AvgIpc) is 1.99. The predicted molar refractivity (Wildman–Crippen MR) is 38.4 cm³/mol. The van der Waals surface area contributed by atoms with Crippen LogP contribution in [0.1, 0.15) is 6.92 Å². The first-order valence-corrected chi connectivity index (χ1v) is 3.76. The van der Waals surface area contributed by atoms with Crippen molar-refractivity contribution in [1.82, 2.24) is 0 Å². The first-order chi connectivity index (χ1) is 7.01. The second-order valence-electron chi connectivity index (χ2n) is 2.44. The van der Waals surface area contributed by atoms with Crippen LogP contribution in [0.5, 0.6) is 0 Å². The van der Waals surface area contributed by atoms with Gasteiger partial charge in [-0.1, -0.05) is 0 Å². The van der Waals surface area contributed by atoms with E-state index in [1.54, 1.807) is 0 Å². The van der Waals surface area contributed by atoms with Crippen molar-refractivity contribution in [2.45, 2.75) is 19.3 Å². The number of aliphatic hydroxyl groups excluding tert-OH is 1. The largest absolute Gasteiger partial charge is 0.504 e. The van der Waals surface area contributed by atoms with E-state index in [-0.39, 0.29) is 17.1 Å². The molecular formula is C7H6CuF6O3. The van der Waals surface area contributed by atoms with E-state index < -0.39 is 36.3 Å². The fourth-order valence-corrected chi connectivity index (χ4v) is 0.692. The molecule has 0 saturated heterocycles. The van der Waals surface area contributed by atoms with Gasteiger partial charge in [-0.15, -0.1) is 0 Å². The molecule has 0 aliphatic carbocycles. The third-order valence-electron chi connectivity index (χ3n) is 1.27. The van der Waals surface area contributed by atoms with Crippen LogP contribution in [0, 0.1) is 0 Å². The zero-order valence-electron chi connectivity index (χ0n) is 8.04. The molecule has 0 rings (SSSR count). The van der Waals surface area contributed by atoms with E-state index in [0.717, 1.165) is 6.92 Å². The number of ether oxygens (including phenoxy) is 1. The zero-order valence-corrected chi connectivity index (χ0v) is 8.98. The van der Waals surface area contributed by atoms with Crippen LogP contribution in [0.15, 0.2) is 11.3 Å². The Balaban J connectivity index is 0. The average molecular weight is 316 g/mol. The number of hydrogen-bond donors (Lipinski definition) is 1. The van der Waals surface area contributed by atoms with Crippen LogP contribution in [-0.4, -0.2) is 30.0 Å². The molecule has 0 aliphatic rings. The van der Waals surface area contributed by atoms with Crippen molar-refractivity contribution < 1.29 is 58.0 Å². The van der Waals surface area contributed by atoms with Gasteiger partial charge in [0.15, 0.2) is 5.57 Å². The maximum atomic E-state index is 12.1. The maximum Gasteiger partial charge on any atom is 0.449 e. The van der Waals surface area contributed by atoms with Crippen molar-refractivity contribution in [3.8, 4) is 0 Å². The van der Waals surface area contributed by atoms with Gasteiger partial charge < -0.3 is 9.84 Å². The van der Waals surface area contributed by atoms with Gasteiger partial charge in [-0.2, -0.15) is 26.3 Å². The summed E-state index contributed by atoms with van der Waals surface area (Å²) in [4.78, 5) is 10.6. The van der Waals surface area contributed by atoms with Gasteiger partial charge in [0, 0.05) is 17.1 Å². The number of halogens is 6. The molecule has 10 heteroatoms. The molecule has 0 aromatic carbocycles. The Bertz CT molecular complexity index is 306. The summed E-state index contributed by atoms with van der Waals surface area (Å²) in [6, 6.07) is 0. The number of rotatable bonds is 2. The van der Waals surface area contributed by atoms with Crippen LogP contribution >= 0.6 is 0 Å².